The molecular formula is C8H14N2O. The first kappa shape index (κ1) is 8.51. The van der Waals surface area contributed by atoms with Gasteiger partial charge >= 0.3 is 0 Å². The fraction of sp³-hybridized carbons (Fsp3) is 0.875. The average Bonchev–Trinajstić information content (AvgIpc) is 2.38. The molecule has 1 saturated heterocycles. The molecule has 11 heavy (non-hydrogen) atoms. The van der Waals surface area contributed by atoms with Crippen molar-refractivity contribution in [2.45, 2.75) is 6.42 Å². The van der Waals surface area contributed by atoms with Crippen molar-refractivity contribution in [2.75, 3.05) is 33.4 Å². The minimum absolute atomic E-state index is 0.570. The smallest absolute Gasteiger partial charge is 0.0866 e. The predicted molar refractivity (Wildman–Crippen MR) is 42.0 cm³/mol. The second kappa shape index (κ2) is 4.32. The quantitative estimate of drug-likeness (QED) is 0.555. The summed E-state index contributed by atoms with van der Waals surface area (Å²) >= 11 is 0. The van der Waals surface area contributed by atoms with Crippen LogP contribution in [0.15, 0.2) is 0 Å². The number of methoxy groups -OCH3 is 1. The monoisotopic (exact) mass is 154 g/mol. The highest BCUT2D eigenvalue weighted by Crippen LogP contribution is 2.15. The van der Waals surface area contributed by atoms with E-state index in [1.807, 2.05) is 0 Å². The molecule has 0 saturated carbocycles. The molecule has 0 spiro atoms. The molecule has 0 bridgehead atoms. The van der Waals surface area contributed by atoms with E-state index in [0.29, 0.717) is 12.5 Å². The molecule has 1 aliphatic heterocycles. The van der Waals surface area contributed by atoms with E-state index in [2.05, 4.69) is 11.0 Å². The maximum absolute atomic E-state index is 8.42. The molecular weight excluding hydrogens is 140 g/mol. The maximum atomic E-state index is 8.42. The fourth-order valence-corrected chi connectivity index (χ4v) is 1.53. The Morgan fingerprint density at radius 3 is 3.18 bits per heavy atom. The van der Waals surface area contributed by atoms with E-state index >= 15 is 0 Å². The number of rotatable bonds is 3. The Morgan fingerprint density at radius 2 is 2.55 bits per heavy atom. The van der Waals surface area contributed by atoms with Crippen LogP contribution in [-0.2, 0) is 4.74 Å². The predicted octanol–water partition coefficient (Wildman–Crippen LogP) is 0.478. The van der Waals surface area contributed by atoms with Crippen molar-refractivity contribution in [3.63, 3.8) is 0 Å². The standard InChI is InChI=1S/C8H14N2O/c1-11-7-8-2-4-10(6-8)5-3-9/h8H,2,4-7H2,1H3. The van der Waals surface area contributed by atoms with Crippen LogP contribution in [0.25, 0.3) is 0 Å². The van der Waals surface area contributed by atoms with E-state index in [-0.39, 0.29) is 0 Å². The van der Waals surface area contributed by atoms with E-state index in [4.69, 9.17) is 10.00 Å². The Bertz CT molecular complexity index is 153. The van der Waals surface area contributed by atoms with Crippen LogP contribution in [-0.4, -0.2) is 38.3 Å². The van der Waals surface area contributed by atoms with Gasteiger partial charge < -0.3 is 4.74 Å². The molecule has 1 heterocycles. The lowest BCUT2D eigenvalue weighted by atomic mass is 10.1. The molecule has 0 aromatic rings. The summed E-state index contributed by atoms with van der Waals surface area (Å²) in [6, 6.07) is 2.16. The van der Waals surface area contributed by atoms with Gasteiger partial charge in [-0.2, -0.15) is 5.26 Å². The van der Waals surface area contributed by atoms with Gasteiger partial charge in [0.1, 0.15) is 0 Å². The van der Waals surface area contributed by atoms with E-state index in [1.54, 1.807) is 7.11 Å². The average molecular weight is 154 g/mol. The fourth-order valence-electron chi connectivity index (χ4n) is 1.53. The molecule has 62 valence electrons. The SMILES string of the molecule is COCC1CCN(CC#N)C1. The minimum Gasteiger partial charge on any atom is -0.384 e. The van der Waals surface area contributed by atoms with E-state index in [0.717, 1.165) is 19.7 Å². The first-order valence-corrected chi connectivity index (χ1v) is 3.95. The normalized spacial score (nSPS) is 25.3. The van der Waals surface area contributed by atoms with Gasteiger partial charge in [-0.05, 0) is 18.9 Å². The second-order valence-electron chi connectivity index (χ2n) is 3.00. The Hall–Kier alpha value is -0.590. The van der Waals surface area contributed by atoms with Crippen LogP contribution >= 0.6 is 0 Å². The first-order chi connectivity index (χ1) is 5.36. The molecule has 1 unspecified atom stereocenters. The van der Waals surface area contributed by atoms with Gasteiger partial charge in [0.15, 0.2) is 0 Å². The lowest BCUT2D eigenvalue weighted by Crippen LogP contribution is -2.21. The van der Waals surface area contributed by atoms with Crippen molar-refractivity contribution in [2.24, 2.45) is 5.92 Å². The van der Waals surface area contributed by atoms with E-state index in [1.165, 1.54) is 6.42 Å². The summed E-state index contributed by atoms with van der Waals surface area (Å²) in [7, 11) is 1.73. The summed E-state index contributed by atoms with van der Waals surface area (Å²) < 4.78 is 5.04. The molecule has 0 aromatic carbocycles. The molecule has 0 radical (unpaired) electrons. The molecule has 1 aliphatic rings. The Balaban J connectivity index is 2.19. The van der Waals surface area contributed by atoms with Crippen LogP contribution in [0.3, 0.4) is 0 Å². The molecule has 0 aromatic heterocycles. The largest absolute Gasteiger partial charge is 0.384 e. The number of likely N-dealkylation sites (tertiary alicyclic amines) is 1. The van der Waals surface area contributed by atoms with Crippen LogP contribution in [0.4, 0.5) is 0 Å². The Labute approximate surface area is 67.6 Å². The summed E-state index contributed by atoms with van der Waals surface area (Å²) in [4.78, 5) is 2.17. The first-order valence-electron chi connectivity index (χ1n) is 3.95. The van der Waals surface area contributed by atoms with E-state index in [9.17, 15) is 0 Å². The summed E-state index contributed by atoms with van der Waals surface area (Å²) in [5, 5.41) is 8.42. The molecule has 1 rings (SSSR count). The van der Waals surface area contributed by atoms with Gasteiger partial charge in [0.25, 0.3) is 0 Å². The highest BCUT2D eigenvalue weighted by atomic mass is 16.5. The van der Waals surface area contributed by atoms with Crippen LogP contribution in [0.1, 0.15) is 6.42 Å². The highest BCUT2D eigenvalue weighted by molar-refractivity contribution is 4.82. The molecule has 0 aliphatic carbocycles. The number of nitrogens with zero attached hydrogens (tertiary/aromatic N) is 2. The van der Waals surface area contributed by atoms with Gasteiger partial charge in [0, 0.05) is 13.7 Å². The lowest BCUT2D eigenvalue weighted by molar-refractivity contribution is 0.154. The molecule has 0 amide bonds. The molecule has 1 atom stereocenters. The van der Waals surface area contributed by atoms with Crippen molar-refractivity contribution in [1.29, 1.82) is 5.26 Å². The van der Waals surface area contributed by atoms with Gasteiger partial charge in [0.2, 0.25) is 0 Å². The van der Waals surface area contributed by atoms with Crippen molar-refractivity contribution in [3.05, 3.63) is 0 Å². The number of nitriles is 1. The molecule has 1 fully saturated rings. The highest BCUT2D eigenvalue weighted by Gasteiger charge is 2.21. The van der Waals surface area contributed by atoms with Gasteiger partial charge in [-0.15, -0.1) is 0 Å². The van der Waals surface area contributed by atoms with Crippen molar-refractivity contribution < 1.29 is 4.74 Å². The van der Waals surface area contributed by atoms with E-state index < -0.39 is 0 Å². The summed E-state index contributed by atoms with van der Waals surface area (Å²) in [6.07, 6.45) is 1.18. The molecule has 3 heteroatoms. The van der Waals surface area contributed by atoms with Crippen molar-refractivity contribution in [3.8, 4) is 6.07 Å². The van der Waals surface area contributed by atoms with Gasteiger partial charge in [0.05, 0.1) is 19.2 Å². The van der Waals surface area contributed by atoms with Crippen LogP contribution in [0.2, 0.25) is 0 Å². The van der Waals surface area contributed by atoms with Crippen LogP contribution in [0.5, 0.6) is 0 Å². The molecule has 3 nitrogen and oxygen atoms in total. The topological polar surface area (TPSA) is 36.3 Å². The third-order valence-corrected chi connectivity index (χ3v) is 2.07. The van der Waals surface area contributed by atoms with Gasteiger partial charge in [-0.3, -0.25) is 4.90 Å². The minimum atomic E-state index is 0.570. The van der Waals surface area contributed by atoms with Gasteiger partial charge in [-0.25, -0.2) is 0 Å². The zero-order valence-corrected chi connectivity index (χ0v) is 6.92. The van der Waals surface area contributed by atoms with Crippen molar-refractivity contribution in [1.82, 2.24) is 4.90 Å². The lowest BCUT2D eigenvalue weighted by Gasteiger charge is -2.10. The number of ether oxygens (including phenoxy) is 1. The van der Waals surface area contributed by atoms with Crippen LogP contribution < -0.4 is 0 Å². The zero-order chi connectivity index (χ0) is 8.10. The summed E-state index contributed by atoms with van der Waals surface area (Å²) in [6.45, 7) is 3.49. The number of hydrogen-bond acceptors (Lipinski definition) is 3. The van der Waals surface area contributed by atoms with Crippen molar-refractivity contribution >= 4 is 0 Å². The Morgan fingerprint density at radius 1 is 1.73 bits per heavy atom. The molecule has 0 N–H and O–H groups in total. The van der Waals surface area contributed by atoms with Crippen LogP contribution in [0, 0.1) is 17.2 Å². The Kier molecular flexibility index (Phi) is 3.34. The van der Waals surface area contributed by atoms with Gasteiger partial charge in [-0.1, -0.05) is 0 Å². The second-order valence-corrected chi connectivity index (χ2v) is 3.00. The third-order valence-electron chi connectivity index (χ3n) is 2.07. The number of hydrogen-bond donors (Lipinski definition) is 0. The summed E-state index contributed by atoms with van der Waals surface area (Å²) in [5.74, 6) is 0.647. The maximum Gasteiger partial charge on any atom is 0.0866 e. The third kappa shape index (κ3) is 2.49. The zero-order valence-electron chi connectivity index (χ0n) is 6.92. The summed E-state index contributed by atoms with van der Waals surface area (Å²) in [5.41, 5.74) is 0.